The van der Waals surface area contributed by atoms with Crippen LogP contribution in [0, 0.1) is 0 Å². The Morgan fingerprint density at radius 1 is 1.20 bits per heavy atom. The van der Waals surface area contributed by atoms with Gasteiger partial charge in [0.25, 0.3) is 0 Å². The Bertz CT molecular complexity index is 457. The lowest BCUT2D eigenvalue weighted by Crippen LogP contribution is -1.88. The van der Waals surface area contributed by atoms with E-state index in [9.17, 15) is 0 Å². The van der Waals surface area contributed by atoms with Crippen molar-refractivity contribution in [1.82, 2.24) is 0 Å². The van der Waals surface area contributed by atoms with Crippen LogP contribution in [0.5, 0.6) is 0 Å². The number of nitrogens with zero attached hydrogens (tertiary/aromatic N) is 1. The molecule has 76 valence electrons. The first-order chi connectivity index (χ1) is 7.25. The minimum absolute atomic E-state index is 0.739. The Labute approximate surface area is 98.1 Å². The van der Waals surface area contributed by atoms with Crippen LogP contribution in [0.15, 0.2) is 46.8 Å². The Morgan fingerprint density at radius 3 is 2.53 bits per heavy atom. The lowest BCUT2D eigenvalue weighted by atomic mass is 10.3. The van der Waals surface area contributed by atoms with Gasteiger partial charge in [-0.05, 0) is 42.6 Å². The molecule has 15 heavy (non-hydrogen) atoms. The van der Waals surface area contributed by atoms with Gasteiger partial charge in [-0.3, -0.25) is 4.99 Å². The Morgan fingerprint density at radius 2 is 1.93 bits per heavy atom. The average molecular weight is 236 g/mol. The summed E-state index contributed by atoms with van der Waals surface area (Å²) >= 11 is 7.50. The van der Waals surface area contributed by atoms with Gasteiger partial charge in [0.05, 0.1) is 11.4 Å². The number of halogens is 1. The van der Waals surface area contributed by atoms with Crippen molar-refractivity contribution >= 4 is 34.3 Å². The minimum Gasteiger partial charge on any atom is -0.252 e. The van der Waals surface area contributed by atoms with E-state index in [1.54, 1.807) is 11.3 Å². The van der Waals surface area contributed by atoms with Gasteiger partial charge in [0.2, 0.25) is 0 Å². The van der Waals surface area contributed by atoms with Crippen molar-refractivity contribution in [3.05, 3.63) is 51.7 Å². The first-order valence-corrected chi connectivity index (χ1v) is 5.86. The summed E-state index contributed by atoms with van der Waals surface area (Å²) in [6.45, 7) is 2.01. The molecule has 0 amide bonds. The molecule has 2 rings (SSSR count). The highest BCUT2D eigenvalue weighted by molar-refractivity contribution is 7.12. The fraction of sp³-hybridized carbons (Fsp3) is 0.0833. The molecule has 3 heteroatoms. The summed E-state index contributed by atoms with van der Waals surface area (Å²) in [7, 11) is 0. The number of thiophene rings is 1. The third-order valence-electron chi connectivity index (χ3n) is 2.00. The average Bonchev–Trinajstić information content (AvgIpc) is 2.74. The lowest BCUT2D eigenvalue weighted by Gasteiger charge is -1.97. The van der Waals surface area contributed by atoms with Gasteiger partial charge < -0.3 is 0 Å². The van der Waals surface area contributed by atoms with Crippen LogP contribution in [0.2, 0.25) is 5.02 Å². The molecule has 0 fully saturated rings. The highest BCUT2D eigenvalue weighted by atomic mass is 35.5. The second-order valence-electron chi connectivity index (χ2n) is 3.15. The second-order valence-corrected chi connectivity index (χ2v) is 4.54. The zero-order valence-electron chi connectivity index (χ0n) is 8.27. The number of aliphatic imine (C=N–C) groups is 1. The van der Waals surface area contributed by atoms with Crippen molar-refractivity contribution in [2.45, 2.75) is 6.92 Å². The molecule has 0 N–H and O–H groups in total. The highest BCUT2D eigenvalue weighted by Crippen LogP contribution is 2.19. The maximum Gasteiger partial charge on any atom is 0.0634 e. The molecular weight excluding hydrogens is 226 g/mol. The molecule has 0 saturated carbocycles. The van der Waals surface area contributed by atoms with Gasteiger partial charge >= 0.3 is 0 Å². The predicted octanol–water partition coefficient (Wildman–Crippen LogP) is 4.54. The molecule has 0 spiro atoms. The van der Waals surface area contributed by atoms with Crippen molar-refractivity contribution in [1.29, 1.82) is 0 Å². The van der Waals surface area contributed by atoms with Crippen LogP contribution in [0.25, 0.3) is 0 Å². The number of hydrogen-bond acceptors (Lipinski definition) is 2. The lowest BCUT2D eigenvalue weighted by molar-refractivity contribution is 1.50. The first-order valence-electron chi connectivity index (χ1n) is 4.60. The summed E-state index contributed by atoms with van der Waals surface area (Å²) in [5.74, 6) is 0. The fourth-order valence-corrected chi connectivity index (χ4v) is 2.05. The smallest absolute Gasteiger partial charge is 0.0634 e. The topological polar surface area (TPSA) is 12.4 Å². The first kappa shape index (κ1) is 10.4. The van der Waals surface area contributed by atoms with Gasteiger partial charge in [-0.15, -0.1) is 11.3 Å². The van der Waals surface area contributed by atoms with E-state index in [0.717, 1.165) is 16.4 Å². The van der Waals surface area contributed by atoms with Gasteiger partial charge in [-0.25, -0.2) is 0 Å². The minimum atomic E-state index is 0.739. The standard InChI is InChI=1S/C12H10ClNS/c1-9(12-3-2-8-15-12)14-11-6-4-10(13)5-7-11/h2-8H,1H3. The van der Waals surface area contributed by atoms with Gasteiger partial charge in [-0.1, -0.05) is 17.7 Å². The van der Waals surface area contributed by atoms with Crippen molar-refractivity contribution in [2.24, 2.45) is 4.99 Å². The third-order valence-corrected chi connectivity index (χ3v) is 3.23. The maximum absolute atomic E-state index is 5.80. The Hall–Kier alpha value is -1.12. The molecular formula is C12H10ClNS. The van der Waals surface area contributed by atoms with E-state index in [1.165, 1.54) is 4.88 Å². The van der Waals surface area contributed by atoms with Gasteiger partial charge in [0.1, 0.15) is 0 Å². The monoisotopic (exact) mass is 235 g/mol. The molecule has 2 aromatic rings. The SMILES string of the molecule is CC(=Nc1ccc(Cl)cc1)c1cccs1. The quantitative estimate of drug-likeness (QED) is 0.678. The maximum atomic E-state index is 5.80. The van der Waals surface area contributed by atoms with Gasteiger partial charge in [0, 0.05) is 9.90 Å². The van der Waals surface area contributed by atoms with Crippen molar-refractivity contribution in [2.75, 3.05) is 0 Å². The summed E-state index contributed by atoms with van der Waals surface area (Å²) in [5, 5.41) is 2.79. The molecule has 1 heterocycles. The molecule has 0 saturated heterocycles. The van der Waals surface area contributed by atoms with Crippen LogP contribution in [0.3, 0.4) is 0 Å². The summed E-state index contributed by atoms with van der Waals surface area (Å²) in [6.07, 6.45) is 0. The highest BCUT2D eigenvalue weighted by Gasteiger charge is 1.98. The van der Waals surface area contributed by atoms with Crippen molar-refractivity contribution in [3.8, 4) is 0 Å². The van der Waals surface area contributed by atoms with Crippen molar-refractivity contribution < 1.29 is 0 Å². The van der Waals surface area contributed by atoms with Crippen LogP contribution in [0.1, 0.15) is 11.8 Å². The van der Waals surface area contributed by atoms with E-state index in [1.807, 2.05) is 37.3 Å². The van der Waals surface area contributed by atoms with Crippen LogP contribution in [0.4, 0.5) is 5.69 Å². The molecule has 0 bridgehead atoms. The molecule has 0 atom stereocenters. The van der Waals surface area contributed by atoms with Crippen LogP contribution in [-0.4, -0.2) is 5.71 Å². The Balaban J connectivity index is 2.27. The van der Waals surface area contributed by atoms with Gasteiger partial charge in [0.15, 0.2) is 0 Å². The Kier molecular flexibility index (Phi) is 3.19. The summed E-state index contributed by atoms with van der Waals surface area (Å²) in [6, 6.07) is 11.6. The van der Waals surface area contributed by atoms with E-state index in [0.29, 0.717) is 0 Å². The molecule has 0 aliphatic rings. The summed E-state index contributed by atoms with van der Waals surface area (Å²) < 4.78 is 0. The molecule has 0 aliphatic carbocycles. The normalized spacial score (nSPS) is 11.7. The van der Waals surface area contributed by atoms with E-state index in [-0.39, 0.29) is 0 Å². The zero-order chi connectivity index (χ0) is 10.7. The number of benzene rings is 1. The molecule has 0 unspecified atom stereocenters. The molecule has 1 nitrogen and oxygen atoms in total. The molecule has 0 radical (unpaired) electrons. The van der Waals surface area contributed by atoms with Crippen molar-refractivity contribution in [3.63, 3.8) is 0 Å². The summed E-state index contributed by atoms with van der Waals surface area (Å²) in [5.41, 5.74) is 1.97. The van der Waals surface area contributed by atoms with E-state index < -0.39 is 0 Å². The largest absolute Gasteiger partial charge is 0.252 e. The molecule has 1 aromatic heterocycles. The van der Waals surface area contributed by atoms with E-state index >= 15 is 0 Å². The van der Waals surface area contributed by atoms with Crippen LogP contribution >= 0.6 is 22.9 Å². The molecule has 1 aromatic carbocycles. The third kappa shape index (κ3) is 2.67. The second kappa shape index (κ2) is 4.60. The number of rotatable bonds is 2. The van der Waals surface area contributed by atoms with Gasteiger partial charge in [-0.2, -0.15) is 0 Å². The number of hydrogen-bond donors (Lipinski definition) is 0. The summed E-state index contributed by atoms with van der Waals surface area (Å²) in [4.78, 5) is 5.71. The van der Waals surface area contributed by atoms with Crippen LogP contribution in [-0.2, 0) is 0 Å². The van der Waals surface area contributed by atoms with Crippen LogP contribution < -0.4 is 0 Å². The fourth-order valence-electron chi connectivity index (χ4n) is 1.25. The zero-order valence-corrected chi connectivity index (χ0v) is 9.85. The molecule has 0 aliphatic heterocycles. The predicted molar refractivity (Wildman–Crippen MR) is 67.6 cm³/mol. The van der Waals surface area contributed by atoms with E-state index in [2.05, 4.69) is 16.4 Å². The van der Waals surface area contributed by atoms with E-state index in [4.69, 9.17) is 11.6 Å².